The molecule has 0 aliphatic carbocycles. The lowest BCUT2D eigenvalue weighted by Crippen LogP contribution is -2.21. The van der Waals surface area contributed by atoms with Gasteiger partial charge in [0, 0.05) is 15.6 Å². The molecule has 2 aromatic carbocycles. The van der Waals surface area contributed by atoms with Gasteiger partial charge in [-0.05, 0) is 46.6 Å². The number of carbonyl (C=O) groups is 2. The second-order valence-electron chi connectivity index (χ2n) is 4.91. The fourth-order valence-corrected chi connectivity index (χ4v) is 2.55. The molecule has 0 heterocycles. The summed E-state index contributed by atoms with van der Waals surface area (Å²) in [7, 11) is 1.48. The number of rotatable bonds is 5. The molecule has 0 aromatic heterocycles. The zero-order valence-corrected chi connectivity index (χ0v) is 15.4. The predicted octanol–water partition coefficient (Wildman–Crippen LogP) is 4.22. The number of benzene rings is 2. The van der Waals surface area contributed by atoms with Crippen LogP contribution in [0.5, 0.6) is 5.75 Å². The number of methoxy groups -OCH3 is 1. The minimum absolute atomic E-state index is 0.352. The Morgan fingerprint density at radius 2 is 1.96 bits per heavy atom. The highest BCUT2D eigenvalue weighted by Crippen LogP contribution is 2.30. The molecule has 126 valence electrons. The maximum atomic E-state index is 12.0. The maximum Gasteiger partial charge on any atom is 0.339 e. The van der Waals surface area contributed by atoms with Crippen molar-refractivity contribution in [1.29, 1.82) is 0 Å². The molecule has 0 saturated heterocycles. The summed E-state index contributed by atoms with van der Waals surface area (Å²) in [6, 6.07) is 10.1. The number of carbonyl (C=O) groups excluding carboxylic acids is 2. The van der Waals surface area contributed by atoms with Crippen molar-refractivity contribution in [3.63, 3.8) is 0 Å². The molecule has 0 bridgehead atoms. The zero-order chi connectivity index (χ0) is 17.7. The van der Waals surface area contributed by atoms with Crippen LogP contribution in [0.3, 0.4) is 0 Å². The highest BCUT2D eigenvalue weighted by molar-refractivity contribution is 9.10. The molecule has 1 N–H and O–H groups in total. The number of hydrogen-bond acceptors (Lipinski definition) is 4. The fourth-order valence-electron chi connectivity index (χ4n) is 1.95. The number of hydrogen-bond donors (Lipinski definition) is 1. The second-order valence-corrected chi connectivity index (χ2v) is 6.17. The van der Waals surface area contributed by atoms with Crippen LogP contribution in [-0.2, 0) is 9.53 Å². The third kappa shape index (κ3) is 4.49. The quantitative estimate of drug-likeness (QED) is 0.747. The number of nitrogens with one attached hydrogen (secondary N) is 1. The Morgan fingerprint density at radius 3 is 2.62 bits per heavy atom. The number of aryl methyl sites for hydroxylation is 1. The number of ether oxygens (including phenoxy) is 2. The molecular weight excluding hydrogens is 398 g/mol. The van der Waals surface area contributed by atoms with E-state index in [0.717, 1.165) is 5.56 Å². The van der Waals surface area contributed by atoms with E-state index in [0.29, 0.717) is 26.5 Å². The Labute approximate surface area is 153 Å². The van der Waals surface area contributed by atoms with Crippen molar-refractivity contribution < 1.29 is 19.1 Å². The Hall–Kier alpha value is -2.05. The molecule has 2 aromatic rings. The Kier molecular flexibility index (Phi) is 6.23. The van der Waals surface area contributed by atoms with E-state index in [9.17, 15) is 9.59 Å². The van der Waals surface area contributed by atoms with Crippen molar-refractivity contribution in [3.8, 4) is 5.75 Å². The molecule has 0 fully saturated rings. The molecule has 0 saturated carbocycles. The average molecular weight is 413 g/mol. The van der Waals surface area contributed by atoms with Crippen molar-refractivity contribution in [3.05, 3.63) is 57.0 Å². The maximum absolute atomic E-state index is 12.0. The van der Waals surface area contributed by atoms with Gasteiger partial charge in [0.25, 0.3) is 5.91 Å². The highest BCUT2D eigenvalue weighted by Gasteiger charge is 2.15. The van der Waals surface area contributed by atoms with E-state index >= 15 is 0 Å². The van der Waals surface area contributed by atoms with Crippen LogP contribution in [0.15, 0.2) is 40.9 Å². The van der Waals surface area contributed by atoms with E-state index in [1.807, 2.05) is 6.92 Å². The highest BCUT2D eigenvalue weighted by atomic mass is 79.9. The Morgan fingerprint density at radius 1 is 1.25 bits per heavy atom. The van der Waals surface area contributed by atoms with Crippen molar-refractivity contribution in [2.24, 2.45) is 0 Å². The molecule has 24 heavy (non-hydrogen) atoms. The minimum Gasteiger partial charge on any atom is -0.495 e. The minimum atomic E-state index is -0.586. The average Bonchev–Trinajstić information content (AvgIpc) is 2.56. The van der Waals surface area contributed by atoms with Gasteiger partial charge in [-0.1, -0.05) is 23.7 Å². The van der Waals surface area contributed by atoms with Gasteiger partial charge < -0.3 is 14.8 Å². The third-order valence-electron chi connectivity index (χ3n) is 3.18. The number of halogens is 2. The fraction of sp³-hybridized carbons (Fsp3) is 0.176. The molecular formula is C17H15BrClNO4. The lowest BCUT2D eigenvalue weighted by molar-refractivity contribution is -0.119. The molecule has 2 rings (SSSR count). The summed E-state index contributed by atoms with van der Waals surface area (Å²) in [4.78, 5) is 24.0. The number of amides is 1. The van der Waals surface area contributed by atoms with Gasteiger partial charge in [-0.3, -0.25) is 4.79 Å². The summed E-state index contributed by atoms with van der Waals surface area (Å²) in [6.45, 7) is 1.40. The van der Waals surface area contributed by atoms with Crippen molar-refractivity contribution in [1.82, 2.24) is 0 Å². The summed E-state index contributed by atoms with van der Waals surface area (Å²) in [5.41, 5.74) is 1.60. The second kappa shape index (κ2) is 8.17. The van der Waals surface area contributed by atoms with Gasteiger partial charge in [0.05, 0.1) is 18.4 Å². The van der Waals surface area contributed by atoms with Gasteiger partial charge in [0.15, 0.2) is 6.61 Å². The summed E-state index contributed by atoms with van der Waals surface area (Å²) < 4.78 is 10.8. The van der Waals surface area contributed by atoms with Gasteiger partial charge in [-0.2, -0.15) is 0 Å². The molecule has 1 amide bonds. The molecule has 0 aliphatic heterocycles. The first kappa shape index (κ1) is 18.3. The van der Waals surface area contributed by atoms with Crippen LogP contribution in [0.25, 0.3) is 0 Å². The van der Waals surface area contributed by atoms with Gasteiger partial charge in [0.1, 0.15) is 5.75 Å². The largest absolute Gasteiger partial charge is 0.495 e. The molecule has 0 unspecified atom stereocenters. The van der Waals surface area contributed by atoms with E-state index < -0.39 is 18.5 Å². The molecule has 7 heteroatoms. The molecule has 0 spiro atoms. The molecule has 0 aliphatic rings. The van der Waals surface area contributed by atoms with Crippen molar-refractivity contribution in [2.45, 2.75) is 6.92 Å². The smallest absolute Gasteiger partial charge is 0.339 e. The molecule has 0 atom stereocenters. The number of esters is 1. The zero-order valence-electron chi connectivity index (χ0n) is 13.1. The monoisotopic (exact) mass is 411 g/mol. The standard InChI is InChI=1S/C17H15BrClNO4/c1-10-7-14(15(23-2)8-13(10)19)20-16(21)9-24-17(22)11-5-3-4-6-12(11)18/h3-8H,9H2,1-2H3,(H,20,21). The van der Waals surface area contributed by atoms with Crippen molar-refractivity contribution in [2.75, 3.05) is 19.0 Å². The Balaban J connectivity index is 2.00. The van der Waals surface area contributed by atoms with Crippen LogP contribution in [0, 0.1) is 6.92 Å². The molecule has 0 radical (unpaired) electrons. The summed E-state index contributed by atoms with van der Waals surface area (Å²) >= 11 is 9.28. The SMILES string of the molecule is COc1cc(Cl)c(C)cc1NC(=O)COC(=O)c1ccccc1Br. The van der Waals surface area contributed by atoms with Crippen LogP contribution in [0.2, 0.25) is 5.02 Å². The summed E-state index contributed by atoms with van der Waals surface area (Å²) in [6.07, 6.45) is 0. The van der Waals surface area contributed by atoms with Crippen LogP contribution in [0.1, 0.15) is 15.9 Å². The van der Waals surface area contributed by atoms with Gasteiger partial charge >= 0.3 is 5.97 Å². The predicted molar refractivity (Wildman–Crippen MR) is 95.8 cm³/mol. The van der Waals surface area contributed by atoms with E-state index in [2.05, 4.69) is 21.2 Å². The normalized spacial score (nSPS) is 10.2. The number of anilines is 1. The third-order valence-corrected chi connectivity index (χ3v) is 4.28. The lowest BCUT2D eigenvalue weighted by Gasteiger charge is -2.12. The lowest BCUT2D eigenvalue weighted by atomic mass is 10.2. The van der Waals surface area contributed by atoms with E-state index in [-0.39, 0.29) is 0 Å². The van der Waals surface area contributed by atoms with Crippen molar-refractivity contribution >= 4 is 45.1 Å². The summed E-state index contributed by atoms with van der Waals surface area (Å²) in [5, 5.41) is 3.17. The molecule has 5 nitrogen and oxygen atoms in total. The van der Waals surface area contributed by atoms with E-state index in [1.54, 1.807) is 36.4 Å². The van der Waals surface area contributed by atoms with Gasteiger partial charge in [-0.15, -0.1) is 0 Å². The van der Waals surface area contributed by atoms with Gasteiger partial charge in [-0.25, -0.2) is 4.79 Å². The first-order chi connectivity index (χ1) is 11.4. The Bertz CT molecular complexity index is 779. The van der Waals surface area contributed by atoms with Gasteiger partial charge in [0.2, 0.25) is 0 Å². The topological polar surface area (TPSA) is 64.6 Å². The van der Waals surface area contributed by atoms with Crippen LogP contribution < -0.4 is 10.1 Å². The first-order valence-electron chi connectivity index (χ1n) is 6.98. The van der Waals surface area contributed by atoms with Crippen LogP contribution in [0.4, 0.5) is 5.69 Å². The first-order valence-corrected chi connectivity index (χ1v) is 8.15. The van der Waals surface area contributed by atoms with Crippen LogP contribution >= 0.6 is 27.5 Å². The van der Waals surface area contributed by atoms with Crippen LogP contribution in [-0.4, -0.2) is 25.6 Å². The van der Waals surface area contributed by atoms with E-state index in [1.165, 1.54) is 7.11 Å². The van der Waals surface area contributed by atoms with E-state index in [4.69, 9.17) is 21.1 Å². The summed E-state index contributed by atoms with van der Waals surface area (Å²) in [5.74, 6) is -0.636.